The maximum absolute atomic E-state index is 12.6. The van der Waals surface area contributed by atoms with Crippen molar-refractivity contribution in [1.29, 1.82) is 0 Å². The number of aryl methyl sites for hydroxylation is 1. The zero-order chi connectivity index (χ0) is 18.8. The molecule has 0 radical (unpaired) electrons. The van der Waals surface area contributed by atoms with Gasteiger partial charge < -0.3 is 5.32 Å². The van der Waals surface area contributed by atoms with Crippen LogP contribution >= 0.6 is 0 Å². The number of hydrogen-bond donors (Lipinski definition) is 1. The second-order valence-corrected chi connectivity index (χ2v) is 6.05. The molecule has 1 amide bonds. The van der Waals surface area contributed by atoms with Gasteiger partial charge in [-0.3, -0.25) is 14.2 Å². The van der Waals surface area contributed by atoms with Crippen LogP contribution in [0, 0.1) is 6.92 Å². The number of nitrogens with zero attached hydrogens (tertiary/aromatic N) is 5. The highest BCUT2D eigenvalue weighted by molar-refractivity contribution is 5.92. The number of hydrogen-bond acceptors (Lipinski definition) is 5. The van der Waals surface area contributed by atoms with Gasteiger partial charge in [-0.25, -0.2) is 14.6 Å². The summed E-state index contributed by atoms with van der Waals surface area (Å²) < 4.78 is 2.86. The molecule has 8 heteroatoms. The van der Waals surface area contributed by atoms with Gasteiger partial charge in [-0.15, -0.1) is 0 Å². The van der Waals surface area contributed by atoms with Crippen molar-refractivity contribution in [2.75, 3.05) is 5.32 Å². The van der Waals surface area contributed by atoms with E-state index < -0.39 is 0 Å². The van der Waals surface area contributed by atoms with E-state index in [0.717, 1.165) is 5.56 Å². The van der Waals surface area contributed by atoms with Gasteiger partial charge in [0.15, 0.2) is 0 Å². The fourth-order valence-electron chi connectivity index (χ4n) is 2.91. The third kappa shape index (κ3) is 3.20. The van der Waals surface area contributed by atoms with Crippen molar-refractivity contribution in [2.45, 2.75) is 13.5 Å². The molecule has 0 aliphatic heterocycles. The number of carbonyl (C=O) groups is 1. The molecule has 2 heterocycles. The predicted octanol–water partition coefficient (Wildman–Crippen LogP) is 1.92. The molecule has 0 aliphatic carbocycles. The first kappa shape index (κ1) is 16.6. The van der Waals surface area contributed by atoms with E-state index in [1.165, 1.54) is 17.2 Å². The van der Waals surface area contributed by atoms with E-state index in [4.69, 9.17) is 0 Å². The Hall–Kier alpha value is -3.81. The highest BCUT2D eigenvalue weighted by atomic mass is 16.2. The zero-order valence-electron chi connectivity index (χ0n) is 14.5. The van der Waals surface area contributed by atoms with E-state index in [9.17, 15) is 9.59 Å². The van der Waals surface area contributed by atoms with Gasteiger partial charge in [0.25, 0.3) is 5.56 Å². The second kappa shape index (κ2) is 6.83. The van der Waals surface area contributed by atoms with Gasteiger partial charge in [0, 0.05) is 0 Å². The summed E-state index contributed by atoms with van der Waals surface area (Å²) in [5.41, 5.74) is 2.58. The highest BCUT2D eigenvalue weighted by Gasteiger charge is 2.12. The average Bonchev–Trinajstić information content (AvgIpc) is 3.19. The normalized spacial score (nSPS) is 10.9. The summed E-state index contributed by atoms with van der Waals surface area (Å²) in [5, 5.41) is 7.40. The molecule has 4 rings (SSSR count). The fraction of sp³-hybridized carbons (Fsp3) is 0.105. The molecule has 0 bridgehead atoms. The number of amides is 1. The molecule has 0 fully saturated rings. The minimum Gasteiger partial charge on any atom is -0.323 e. The van der Waals surface area contributed by atoms with E-state index in [2.05, 4.69) is 20.4 Å². The van der Waals surface area contributed by atoms with Crippen LogP contribution in [0.3, 0.4) is 0 Å². The van der Waals surface area contributed by atoms with Crippen molar-refractivity contribution in [3.05, 3.63) is 77.4 Å². The number of benzene rings is 2. The summed E-state index contributed by atoms with van der Waals surface area (Å²) in [6, 6.07) is 12.6. The van der Waals surface area contributed by atoms with Crippen molar-refractivity contribution >= 4 is 22.5 Å². The van der Waals surface area contributed by atoms with Gasteiger partial charge >= 0.3 is 0 Å². The van der Waals surface area contributed by atoms with Crippen LogP contribution in [0.15, 0.2) is 66.2 Å². The number of aromatic nitrogens is 5. The van der Waals surface area contributed by atoms with E-state index in [-0.39, 0.29) is 18.0 Å². The van der Waals surface area contributed by atoms with Gasteiger partial charge in [0.1, 0.15) is 19.2 Å². The Balaban J connectivity index is 1.60. The maximum atomic E-state index is 12.6. The molecule has 1 N–H and O–H groups in total. The van der Waals surface area contributed by atoms with Crippen molar-refractivity contribution in [3.8, 4) is 5.69 Å². The van der Waals surface area contributed by atoms with Crippen LogP contribution in [-0.2, 0) is 11.3 Å². The number of rotatable bonds is 4. The summed E-state index contributed by atoms with van der Waals surface area (Å²) in [7, 11) is 0. The van der Waals surface area contributed by atoms with Gasteiger partial charge in [0.05, 0.1) is 28.6 Å². The number of nitrogens with one attached hydrogen (secondary N) is 1. The van der Waals surface area contributed by atoms with Crippen LogP contribution in [0.1, 0.15) is 5.56 Å². The first-order chi connectivity index (χ1) is 13.1. The molecule has 0 saturated heterocycles. The van der Waals surface area contributed by atoms with Crippen molar-refractivity contribution in [3.63, 3.8) is 0 Å². The standard InChI is InChI=1S/C19H16N6O2/c1-13-5-4-6-14-18(13)21-12-24(19(14)27)9-17(26)23-15-7-2-3-8-16(15)25-11-20-10-22-25/h2-8,10-12H,9H2,1H3,(H,23,26). The minimum atomic E-state index is -0.335. The molecule has 0 aliphatic rings. The SMILES string of the molecule is Cc1cccc2c(=O)n(CC(=O)Nc3ccccc3-n3cncn3)cnc12. The van der Waals surface area contributed by atoms with Crippen molar-refractivity contribution in [2.24, 2.45) is 0 Å². The summed E-state index contributed by atoms with van der Waals surface area (Å²) in [6.07, 6.45) is 4.37. The second-order valence-electron chi connectivity index (χ2n) is 6.05. The van der Waals surface area contributed by atoms with Crippen LogP contribution in [-0.4, -0.2) is 30.2 Å². The molecule has 0 atom stereocenters. The van der Waals surface area contributed by atoms with Crippen LogP contribution in [0.5, 0.6) is 0 Å². The molecule has 27 heavy (non-hydrogen) atoms. The zero-order valence-corrected chi connectivity index (χ0v) is 14.5. The Bertz CT molecular complexity index is 1180. The molecule has 0 spiro atoms. The van der Waals surface area contributed by atoms with E-state index in [1.54, 1.807) is 29.2 Å². The summed E-state index contributed by atoms with van der Waals surface area (Å²) in [4.78, 5) is 33.4. The minimum absolute atomic E-state index is 0.137. The van der Waals surface area contributed by atoms with Crippen molar-refractivity contribution < 1.29 is 4.79 Å². The smallest absolute Gasteiger partial charge is 0.261 e. The van der Waals surface area contributed by atoms with E-state index >= 15 is 0 Å². The highest BCUT2D eigenvalue weighted by Crippen LogP contribution is 2.18. The summed E-state index contributed by atoms with van der Waals surface area (Å²) in [6.45, 7) is 1.76. The molecule has 134 valence electrons. The lowest BCUT2D eigenvalue weighted by Crippen LogP contribution is -2.28. The lowest BCUT2D eigenvalue weighted by atomic mass is 10.1. The predicted molar refractivity (Wildman–Crippen MR) is 101 cm³/mol. The Labute approximate surface area is 154 Å². The number of fused-ring (bicyclic) bond motifs is 1. The van der Waals surface area contributed by atoms with Gasteiger partial charge in [-0.1, -0.05) is 24.3 Å². The number of para-hydroxylation sites is 3. The van der Waals surface area contributed by atoms with Crippen LogP contribution in [0.2, 0.25) is 0 Å². The van der Waals surface area contributed by atoms with Crippen LogP contribution < -0.4 is 10.9 Å². The average molecular weight is 360 g/mol. The largest absolute Gasteiger partial charge is 0.323 e. The Morgan fingerprint density at radius 2 is 1.96 bits per heavy atom. The third-order valence-electron chi connectivity index (χ3n) is 4.21. The molecule has 4 aromatic rings. The molecule has 2 aromatic carbocycles. The molecule has 0 saturated carbocycles. The monoisotopic (exact) mass is 360 g/mol. The fourth-order valence-corrected chi connectivity index (χ4v) is 2.91. The molecule has 0 unspecified atom stereocenters. The third-order valence-corrected chi connectivity index (χ3v) is 4.21. The first-order valence-corrected chi connectivity index (χ1v) is 8.32. The summed E-state index contributed by atoms with van der Waals surface area (Å²) in [5.74, 6) is -0.335. The molecule has 8 nitrogen and oxygen atoms in total. The lowest BCUT2D eigenvalue weighted by molar-refractivity contribution is -0.116. The number of anilines is 1. The Morgan fingerprint density at radius 1 is 1.11 bits per heavy atom. The van der Waals surface area contributed by atoms with Crippen LogP contribution in [0.25, 0.3) is 16.6 Å². The number of carbonyl (C=O) groups excluding carboxylic acids is 1. The van der Waals surface area contributed by atoms with Crippen molar-refractivity contribution in [1.82, 2.24) is 24.3 Å². The summed E-state index contributed by atoms with van der Waals surface area (Å²) >= 11 is 0. The quantitative estimate of drug-likeness (QED) is 0.600. The topological polar surface area (TPSA) is 94.7 Å². The van der Waals surface area contributed by atoms with Gasteiger partial charge in [0.2, 0.25) is 5.91 Å². The Kier molecular flexibility index (Phi) is 4.21. The molecular weight excluding hydrogens is 344 g/mol. The van der Waals surface area contributed by atoms with Crippen LogP contribution in [0.4, 0.5) is 5.69 Å². The van der Waals surface area contributed by atoms with E-state index in [1.807, 2.05) is 31.2 Å². The maximum Gasteiger partial charge on any atom is 0.261 e. The van der Waals surface area contributed by atoms with E-state index in [0.29, 0.717) is 22.3 Å². The molecular formula is C19H16N6O2. The first-order valence-electron chi connectivity index (χ1n) is 8.32. The van der Waals surface area contributed by atoms with Gasteiger partial charge in [-0.2, -0.15) is 5.10 Å². The lowest BCUT2D eigenvalue weighted by Gasteiger charge is -2.12. The Morgan fingerprint density at radius 3 is 2.78 bits per heavy atom. The van der Waals surface area contributed by atoms with Gasteiger partial charge in [-0.05, 0) is 30.7 Å². The molecule has 2 aromatic heterocycles.